The van der Waals surface area contributed by atoms with Gasteiger partial charge in [0.05, 0.1) is 17.0 Å². The Morgan fingerprint density at radius 2 is 2.10 bits per heavy atom. The van der Waals surface area contributed by atoms with Gasteiger partial charge in [-0.2, -0.15) is 5.10 Å². The van der Waals surface area contributed by atoms with Gasteiger partial charge < -0.3 is 10.1 Å². The zero-order valence-corrected chi connectivity index (χ0v) is 14.0. The van der Waals surface area contributed by atoms with Gasteiger partial charge in [0, 0.05) is 20.2 Å². The van der Waals surface area contributed by atoms with Crippen LogP contribution < -0.4 is 5.32 Å². The Balaban J connectivity index is 2.79. The molecule has 1 rings (SSSR count). The van der Waals surface area contributed by atoms with Gasteiger partial charge in [-0.25, -0.2) is 0 Å². The minimum atomic E-state index is -0.0711. The van der Waals surface area contributed by atoms with Crippen LogP contribution in [0.25, 0.3) is 0 Å². The van der Waals surface area contributed by atoms with Crippen LogP contribution in [0, 0.1) is 0 Å². The first kappa shape index (κ1) is 17.2. The van der Waals surface area contributed by atoms with Crippen molar-refractivity contribution in [2.75, 3.05) is 13.7 Å². The Kier molecular flexibility index (Phi) is 6.69. The van der Waals surface area contributed by atoms with E-state index in [0.717, 1.165) is 37.9 Å². The molecule has 0 fully saturated rings. The number of ether oxygens (including phenoxy) is 1. The van der Waals surface area contributed by atoms with Gasteiger partial charge in [0.1, 0.15) is 0 Å². The van der Waals surface area contributed by atoms with E-state index in [2.05, 4.69) is 44.2 Å². The van der Waals surface area contributed by atoms with Gasteiger partial charge in [0.15, 0.2) is 0 Å². The number of hydrogen-bond donors (Lipinski definition) is 1. The fourth-order valence-electron chi connectivity index (χ4n) is 2.31. The molecule has 1 unspecified atom stereocenters. The molecule has 0 aliphatic carbocycles. The summed E-state index contributed by atoms with van der Waals surface area (Å²) in [5.74, 6) is 0. The highest BCUT2D eigenvalue weighted by atomic mass is 16.5. The summed E-state index contributed by atoms with van der Waals surface area (Å²) in [5.41, 5.74) is 2.37. The van der Waals surface area contributed by atoms with E-state index in [1.54, 1.807) is 7.11 Å². The van der Waals surface area contributed by atoms with E-state index in [9.17, 15) is 0 Å². The highest BCUT2D eigenvalue weighted by Gasteiger charge is 2.22. The van der Waals surface area contributed by atoms with Crippen LogP contribution in [0.1, 0.15) is 64.4 Å². The van der Waals surface area contributed by atoms with Crippen LogP contribution in [0.2, 0.25) is 0 Å². The maximum Gasteiger partial charge on any atom is 0.0625 e. The molecule has 1 aromatic rings. The third kappa shape index (κ3) is 4.91. The Bertz CT molecular complexity index is 398. The van der Waals surface area contributed by atoms with Gasteiger partial charge in [-0.3, -0.25) is 4.68 Å². The summed E-state index contributed by atoms with van der Waals surface area (Å²) in [7, 11) is 3.82. The van der Waals surface area contributed by atoms with E-state index in [1.165, 1.54) is 5.69 Å². The predicted octanol–water partition coefficient (Wildman–Crippen LogP) is 3.23. The minimum absolute atomic E-state index is 0.0711. The number of aromatic nitrogens is 2. The van der Waals surface area contributed by atoms with Gasteiger partial charge in [-0.1, -0.05) is 13.8 Å². The first-order valence-corrected chi connectivity index (χ1v) is 7.74. The lowest BCUT2D eigenvalue weighted by molar-refractivity contribution is 0.0115. The number of aryl methyl sites for hydroxylation is 2. The third-order valence-electron chi connectivity index (χ3n) is 3.91. The summed E-state index contributed by atoms with van der Waals surface area (Å²) in [4.78, 5) is 0. The van der Waals surface area contributed by atoms with Crippen molar-refractivity contribution in [1.29, 1.82) is 0 Å². The molecule has 0 aromatic carbocycles. The third-order valence-corrected chi connectivity index (χ3v) is 3.91. The van der Waals surface area contributed by atoms with Crippen LogP contribution in [0.15, 0.2) is 6.07 Å². The molecule has 0 radical (unpaired) electrons. The zero-order valence-electron chi connectivity index (χ0n) is 14.0. The molecule has 1 heterocycles. The molecule has 0 saturated heterocycles. The molecule has 20 heavy (non-hydrogen) atoms. The summed E-state index contributed by atoms with van der Waals surface area (Å²) in [6.45, 7) is 9.67. The fraction of sp³-hybridized carbons (Fsp3) is 0.812. The van der Waals surface area contributed by atoms with Crippen molar-refractivity contribution in [3.05, 3.63) is 17.5 Å². The Hall–Kier alpha value is -0.870. The summed E-state index contributed by atoms with van der Waals surface area (Å²) < 4.78 is 7.55. The molecule has 116 valence electrons. The van der Waals surface area contributed by atoms with Gasteiger partial charge in [0.2, 0.25) is 0 Å². The molecule has 0 amide bonds. The van der Waals surface area contributed by atoms with Crippen LogP contribution in [0.5, 0.6) is 0 Å². The maximum atomic E-state index is 5.53. The lowest BCUT2D eigenvalue weighted by atomic mass is 9.97. The van der Waals surface area contributed by atoms with E-state index in [-0.39, 0.29) is 5.60 Å². The molecule has 0 aliphatic rings. The average Bonchev–Trinajstić information content (AvgIpc) is 2.80. The lowest BCUT2D eigenvalue weighted by Crippen LogP contribution is -2.29. The smallest absolute Gasteiger partial charge is 0.0625 e. The van der Waals surface area contributed by atoms with Gasteiger partial charge in [-0.15, -0.1) is 0 Å². The Morgan fingerprint density at radius 1 is 1.40 bits per heavy atom. The standard InChI is InChI=1S/C16H31N3O/c1-7-11-17-14(9-10-16(3,4)20-6)15-12-13(8-2)18-19(15)5/h12,14,17H,7-11H2,1-6H3. The number of rotatable bonds is 9. The van der Waals surface area contributed by atoms with E-state index in [0.29, 0.717) is 6.04 Å². The number of nitrogens with zero attached hydrogens (tertiary/aromatic N) is 2. The van der Waals surface area contributed by atoms with Crippen molar-refractivity contribution in [2.24, 2.45) is 7.05 Å². The maximum absolute atomic E-state index is 5.53. The van der Waals surface area contributed by atoms with Crippen molar-refractivity contribution in [3.8, 4) is 0 Å². The second-order valence-electron chi connectivity index (χ2n) is 6.05. The molecule has 0 aliphatic heterocycles. The first-order chi connectivity index (χ1) is 9.43. The molecular weight excluding hydrogens is 250 g/mol. The normalized spacial score (nSPS) is 13.7. The second kappa shape index (κ2) is 7.79. The van der Waals surface area contributed by atoms with Crippen molar-refractivity contribution in [3.63, 3.8) is 0 Å². The van der Waals surface area contributed by atoms with E-state index >= 15 is 0 Å². The van der Waals surface area contributed by atoms with E-state index in [4.69, 9.17) is 4.74 Å². The highest BCUT2D eigenvalue weighted by molar-refractivity contribution is 5.14. The molecule has 4 heteroatoms. The SMILES string of the molecule is CCCNC(CCC(C)(C)OC)c1cc(CC)nn1C. The summed E-state index contributed by atoms with van der Waals surface area (Å²) >= 11 is 0. The second-order valence-corrected chi connectivity index (χ2v) is 6.05. The summed E-state index contributed by atoms with van der Waals surface area (Å²) in [6.07, 6.45) is 4.21. The average molecular weight is 281 g/mol. The minimum Gasteiger partial charge on any atom is -0.379 e. The predicted molar refractivity (Wildman–Crippen MR) is 83.9 cm³/mol. The quantitative estimate of drug-likeness (QED) is 0.755. The monoisotopic (exact) mass is 281 g/mol. The van der Waals surface area contributed by atoms with Gasteiger partial charge in [0.25, 0.3) is 0 Å². The van der Waals surface area contributed by atoms with Gasteiger partial charge in [-0.05, 0) is 52.1 Å². The van der Waals surface area contributed by atoms with Crippen molar-refractivity contribution < 1.29 is 4.74 Å². The first-order valence-electron chi connectivity index (χ1n) is 7.74. The topological polar surface area (TPSA) is 39.1 Å². The van der Waals surface area contributed by atoms with Crippen molar-refractivity contribution in [2.45, 2.75) is 65.0 Å². The summed E-state index contributed by atoms with van der Waals surface area (Å²) in [5, 5.41) is 8.21. The molecule has 0 saturated carbocycles. The van der Waals surface area contributed by atoms with Gasteiger partial charge >= 0.3 is 0 Å². The van der Waals surface area contributed by atoms with E-state index in [1.807, 2.05) is 11.7 Å². The molecule has 1 N–H and O–H groups in total. The molecule has 0 bridgehead atoms. The summed E-state index contributed by atoms with van der Waals surface area (Å²) in [6, 6.07) is 2.58. The van der Waals surface area contributed by atoms with Crippen molar-refractivity contribution in [1.82, 2.24) is 15.1 Å². The zero-order chi connectivity index (χ0) is 15.2. The lowest BCUT2D eigenvalue weighted by Gasteiger charge is -2.26. The van der Waals surface area contributed by atoms with Crippen LogP contribution in [-0.4, -0.2) is 29.0 Å². The van der Waals surface area contributed by atoms with E-state index < -0.39 is 0 Å². The van der Waals surface area contributed by atoms with Crippen LogP contribution in [0.4, 0.5) is 0 Å². The highest BCUT2D eigenvalue weighted by Crippen LogP contribution is 2.25. The molecule has 1 atom stereocenters. The van der Waals surface area contributed by atoms with Crippen molar-refractivity contribution >= 4 is 0 Å². The fourth-order valence-corrected chi connectivity index (χ4v) is 2.31. The molecule has 4 nitrogen and oxygen atoms in total. The molecule has 1 aromatic heterocycles. The number of hydrogen-bond acceptors (Lipinski definition) is 3. The number of methoxy groups -OCH3 is 1. The van der Waals surface area contributed by atoms with Crippen LogP contribution in [-0.2, 0) is 18.2 Å². The molecule has 0 spiro atoms. The molecular formula is C16H31N3O. The van der Waals surface area contributed by atoms with Crippen LogP contribution in [0.3, 0.4) is 0 Å². The Labute approximate surface area is 123 Å². The number of nitrogens with one attached hydrogen (secondary N) is 1. The Morgan fingerprint density at radius 3 is 2.60 bits per heavy atom. The largest absolute Gasteiger partial charge is 0.379 e. The van der Waals surface area contributed by atoms with Crippen LogP contribution >= 0.6 is 0 Å².